The van der Waals surface area contributed by atoms with Gasteiger partial charge in [-0.1, -0.05) is 25.1 Å². The highest BCUT2D eigenvalue weighted by atomic mass is 32.1. The van der Waals surface area contributed by atoms with Crippen molar-refractivity contribution in [2.75, 3.05) is 18.5 Å². The maximum Gasteiger partial charge on any atom is 0.138 e. The Morgan fingerprint density at radius 2 is 2.00 bits per heavy atom. The van der Waals surface area contributed by atoms with Gasteiger partial charge in [-0.25, -0.2) is 9.97 Å². The molecule has 3 rings (SSSR count). The van der Waals surface area contributed by atoms with E-state index in [0.717, 1.165) is 22.5 Å². The van der Waals surface area contributed by atoms with E-state index in [9.17, 15) is 0 Å². The summed E-state index contributed by atoms with van der Waals surface area (Å²) in [5.41, 5.74) is 5.00. The van der Waals surface area contributed by atoms with Gasteiger partial charge in [0.15, 0.2) is 0 Å². The maximum atomic E-state index is 9.10. The number of thiophene rings is 1. The second-order valence-electron chi connectivity index (χ2n) is 5.61. The van der Waals surface area contributed by atoms with Crippen LogP contribution in [0.4, 0.5) is 5.82 Å². The smallest absolute Gasteiger partial charge is 0.138 e. The Labute approximate surface area is 140 Å². The van der Waals surface area contributed by atoms with E-state index in [0.29, 0.717) is 6.54 Å². The largest absolute Gasteiger partial charge is 0.395 e. The first-order chi connectivity index (χ1) is 11.2. The van der Waals surface area contributed by atoms with Crippen molar-refractivity contribution in [1.82, 2.24) is 9.97 Å². The summed E-state index contributed by atoms with van der Waals surface area (Å²) in [4.78, 5) is 11.1. The normalized spacial score (nSPS) is 11.1. The van der Waals surface area contributed by atoms with Crippen molar-refractivity contribution in [3.05, 3.63) is 40.5 Å². The zero-order chi connectivity index (χ0) is 16.4. The number of aryl methyl sites for hydroxylation is 3. The lowest BCUT2D eigenvalue weighted by atomic mass is 9.98. The third-order valence-corrected chi connectivity index (χ3v) is 5.32. The molecule has 2 N–H and O–H groups in total. The number of benzene rings is 1. The fraction of sp³-hybridized carbons (Fsp3) is 0.333. The van der Waals surface area contributed by atoms with Crippen molar-refractivity contribution in [1.29, 1.82) is 0 Å². The molecule has 3 aromatic rings. The van der Waals surface area contributed by atoms with Gasteiger partial charge < -0.3 is 10.4 Å². The number of fused-ring (bicyclic) bond motifs is 1. The van der Waals surface area contributed by atoms with Gasteiger partial charge >= 0.3 is 0 Å². The Morgan fingerprint density at radius 1 is 1.17 bits per heavy atom. The lowest BCUT2D eigenvalue weighted by Gasteiger charge is -2.10. The molecule has 0 unspecified atom stereocenters. The summed E-state index contributed by atoms with van der Waals surface area (Å²) >= 11 is 1.72. The monoisotopic (exact) mass is 327 g/mol. The number of nitrogens with one attached hydrogen (secondary N) is 1. The Hall–Kier alpha value is -1.98. The predicted octanol–water partition coefficient (Wildman–Crippen LogP) is 3.94. The summed E-state index contributed by atoms with van der Waals surface area (Å²) in [5, 5.41) is 13.4. The molecular weight excluding hydrogens is 306 g/mol. The topological polar surface area (TPSA) is 58.0 Å². The van der Waals surface area contributed by atoms with E-state index in [1.54, 1.807) is 17.7 Å². The zero-order valence-electron chi connectivity index (χ0n) is 13.7. The Balaban J connectivity index is 2.26. The van der Waals surface area contributed by atoms with Crippen molar-refractivity contribution >= 4 is 27.4 Å². The fourth-order valence-corrected chi connectivity index (χ4v) is 3.84. The minimum Gasteiger partial charge on any atom is -0.395 e. The number of aliphatic hydroxyl groups is 1. The van der Waals surface area contributed by atoms with Gasteiger partial charge in [-0.15, -0.1) is 11.3 Å². The summed E-state index contributed by atoms with van der Waals surface area (Å²) in [7, 11) is 0. The SMILES string of the molecule is CCc1sc2ncnc(NCCO)c2c1-c1ccc(C)c(C)c1. The number of aromatic nitrogens is 2. The molecule has 0 bridgehead atoms. The second kappa shape index (κ2) is 6.64. The van der Waals surface area contributed by atoms with E-state index >= 15 is 0 Å². The van der Waals surface area contributed by atoms with Crippen LogP contribution in [0.3, 0.4) is 0 Å². The van der Waals surface area contributed by atoms with Gasteiger partial charge in [0.25, 0.3) is 0 Å². The summed E-state index contributed by atoms with van der Waals surface area (Å²) in [5.74, 6) is 0.799. The van der Waals surface area contributed by atoms with Crippen LogP contribution in [0.1, 0.15) is 22.9 Å². The van der Waals surface area contributed by atoms with Crippen LogP contribution in [0.25, 0.3) is 21.3 Å². The van der Waals surface area contributed by atoms with Gasteiger partial charge in [0, 0.05) is 17.0 Å². The Morgan fingerprint density at radius 3 is 2.70 bits per heavy atom. The molecule has 1 aromatic carbocycles. The first-order valence-electron chi connectivity index (χ1n) is 7.84. The van der Waals surface area contributed by atoms with E-state index < -0.39 is 0 Å². The third kappa shape index (κ3) is 2.94. The number of rotatable bonds is 5. The van der Waals surface area contributed by atoms with Crippen molar-refractivity contribution in [3.63, 3.8) is 0 Å². The minimum absolute atomic E-state index is 0.0786. The molecule has 5 heteroatoms. The quantitative estimate of drug-likeness (QED) is 0.745. The van der Waals surface area contributed by atoms with Crippen LogP contribution in [0.15, 0.2) is 24.5 Å². The molecular formula is C18H21N3OS. The van der Waals surface area contributed by atoms with E-state index in [1.807, 2.05) is 0 Å². The predicted molar refractivity (Wildman–Crippen MR) is 97.3 cm³/mol. The van der Waals surface area contributed by atoms with Gasteiger partial charge in [-0.2, -0.15) is 0 Å². The summed E-state index contributed by atoms with van der Waals surface area (Å²) < 4.78 is 0. The first-order valence-corrected chi connectivity index (χ1v) is 8.66. The van der Waals surface area contributed by atoms with E-state index in [2.05, 4.69) is 54.3 Å². The molecule has 0 atom stereocenters. The average molecular weight is 327 g/mol. The summed E-state index contributed by atoms with van der Waals surface area (Å²) in [6.45, 7) is 7.00. The number of hydrogen-bond donors (Lipinski definition) is 2. The van der Waals surface area contributed by atoms with E-state index in [1.165, 1.54) is 27.1 Å². The van der Waals surface area contributed by atoms with Crippen LogP contribution < -0.4 is 5.32 Å². The van der Waals surface area contributed by atoms with E-state index in [-0.39, 0.29) is 6.61 Å². The highest BCUT2D eigenvalue weighted by Gasteiger charge is 2.18. The second-order valence-corrected chi connectivity index (χ2v) is 6.69. The molecule has 2 aromatic heterocycles. The number of aliphatic hydroxyl groups excluding tert-OH is 1. The average Bonchev–Trinajstić information content (AvgIpc) is 2.94. The minimum atomic E-state index is 0.0786. The van der Waals surface area contributed by atoms with Crippen LogP contribution in [0.5, 0.6) is 0 Å². The summed E-state index contributed by atoms with van der Waals surface area (Å²) in [6, 6.07) is 6.57. The number of nitrogens with zero attached hydrogens (tertiary/aromatic N) is 2. The first kappa shape index (κ1) is 15.9. The molecule has 0 aliphatic carbocycles. The molecule has 23 heavy (non-hydrogen) atoms. The molecule has 0 amide bonds. The Bertz CT molecular complexity index is 842. The van der Waals surface area contributed by atoms with E-state index in [4.69, 9.17) is 5.11 Å². The van der Waals surface area contributed by atoms with Crippen LogP contribution in [0, 0.1) is 13.8 Å². The molecule has 0 radical (unpaired) electrons. The van der Waals surface area contributed by atoms with Crippen molar-refractivity contribution in [2.24, 2.45) is 0 Å². The highest BCUT2D eigenvalue weighted by Crippen LogP contribution is 2.41. The van der Waals surface area contributed by atoms with Crippen LogP contribution >= 0.6 is 11.3 Å². The van der Waals surface area contributed by atoms with Crippen molar-refractivity contribution < 1.29 is 5.11 Å². The molecule has 0 spiro atoms. The molecule has 120 valence electrons. The third-order valence-electron chi connectivity index (χ3n) is 4.08. The molecule has 0 saturated heterocycles. The molecule has 2 heterocycles. The van der Waals surface area contributed by atoms with Crippen LogP contribution in [-0.4, -0.2) is 28.2 Å². The lowest BCUT2D eigenvalue weighted by molar-refractivity contribution is 0.311. The molecule has 0 fully saturated rings. The van der Waals surface area contributed by atoms with Gasteiger partial charge in [-0.3, -0.25) is 0 Å². The molecule has 0 saturated carbocycles. The van der Waals surface area contributed by atoms with Crippen molar-refractivity contribution in [2.45, 2.75) is 27.2 Å². The Kier molecular flexibility index (Phi) is 4.59. The standard InChI is InChI=1S/C18H21N3OS/c1-4-14-15(13-6-5-11(2)12(3)9-13)16-17(19-7-8-22)20-10-21-18(16)23-14/h5-6,9-10,22H,4,7-8H2,1-3H3,(H,19,20,21). The molecule has 0 aliphatic rings. The fourth-order valence-electron chi connectivity index (χ4n) is 2.74. The summed E-state index contributed by atoms with van der Waals surface area (Å²) in [6.07, 6.45) is 2.55. The number of hydrogen-bond acceptors (Lipinski definition) is 5. The van der Waals surface area contributed by atoms with Gasteiger partial charge in [0.05, 0.1) is 12.0 Å². The van der Waals surface area contributed by atoms with Crippen molar-refractivity contribution in [3.8, 4) is 11.1 Å². The number of anilines is 1. The lowest BCUT2D eigenvalue weighted by Crippen LogP contribution is -2.07. The maximum absolute atomic E-state index is 9.10. The highest BCUT2D eigenvalue weighted by molar-refractivity contribution is 7.19. The van der Waals surface area contributed by atoms with Gasteiger partial charge in [-0.05, 0) is 37.0 Å². The zero-order valence-corrected chi connectivity index (χ0v) is 14.5. The van der Waals surface area contributed by atoms with Crippen LogP contribution in [0.2, 0.25) is 0 Å². The van der Waals surface area contributed by atoms with Gasteiger partial charge in [0.2, 0.25) is 0 Å². The molecule has 0 aliphatic heterocycles. The van der Waals surface area contributed by atoms with Crippen LogP contribution in [-0.2, 0) is 6.42 Å². The van der Waals surface area contributed by atoms with Gasteiger partial charge in [0.1, 0.15) is 17.0 Å². The molecule has 4 nitrogen and oxygen atoms in total.